The van der Waals surface area contributed by atoms with Gasteiger partial charge in [0.15, 0.2) is 0 Å². The second-order valence-electron chi connectivity index (χ2n) is 5.57. The highest BCUT2D eigenvalue weighted by molar-refractivity contribution is 6.30. The molecule has 0 saturated heterocycles. The summed E-state index contributed by atoms with van der Waals surface area (Å²) in [5, 5.41) is 3.42. The van der Waals surface area contributed by atoms with E-state index in [0.717, 1.165) is 18.5 Å². The number of hydrogen-bond donors (Lipinski definition) is 1. The Bertz CT molecular complexity index is 371. The summed E-state index contributed by atoms with van der Waals surface area (Å²) in [4.78, 5) is 0. The number of hydrogen-bond acceptors (Lipinski definition) is 1. The van der Waals surface area contributed by atoms with Crippen LogP contribution in [0, 0.1) is 17.2 Å². The first kappa shape index (κ1) is 14.5. The summed E-state index contributed by atoms with van der Waals surface area (Å²) in [5.74, 6) is 0.144. The van der Waals surface area contributed by atoms with Crippen molar-refractivity contribution in [3.63, 3.8) is 0 Å². The highest BCUT2D eigenvalue weighted by atomic mass is 35.5. The molecule has 0 aliphatic carbocycles. The third kappa shape index (κ3) is 4.29. The predicted molar refractivity (Wildman–Crippen MR) is 72.0 cm³/mol. The van der Waals surface area contributed by atoms with Gasteiger partial charge in [0.1, 0.15) is 5.82 Å². The molecule has 0 aliphatic heterocycles. The second-order valence-corrected chi connectivity index (χ2v) is 5.98. The van der Waals surface area contributed by atoms with Gasteiger partial charge >= 0.3 is 0 Å². The molecule has 1 atom stereocenters. The third-order valence-corrected chi connectivity index (χ3v) is 3.43. The van der Waals surface area contributed by atoms with Gasteiger partial charge in [-0.3, -0.25) is 0 Å². The average molecular weight is 258 g/mol. The molecular formula is C14H21ClFN. The molecule has 0 amide bonds. The minimum absolute atomic E-state index is 0.208. The van der Waals surface area contributed by atoms with E-state index in [1.807, 2.05) is 13.1 Å². The van der Waals surface area contributed by atoms with Gasteiger partial charge in [-0.15, -0.1) is 0 Å². The zero-order valence-electron chi connectivity index (χ0n) is 11.0. The summed E-state index contributed by atoms with van der Waals surface area (Å²) >= 11 is 5.80. The normalized spacial score (nSPS) is 13.8. The van der Waals surface area contributed by atoms with Crippen molar-refractivity contribution in [3.05, 3.63) is 34.6 Å². The zero-order valence-corrected chi connectivity index (χ0v) is 11.7. The first-order valence-electron chi connectivity index (χ1n) is 5.93. The van der Waals surface area contributed by atoms with E-state index in [4.69, 9.17) is 11.6 Å². The molecule has 0 aromatic heterocycles. The molecule has 0 saturated carbocycles. The lowest BCUT2D eigenvalue weighted by molar-refractivity contribution is 0.235. The minimum atomic E-state index is -0.351. The Morgan fingerprint density at radius 1 is 1.35 bits per heavy atom. The van der Waals surface area contributed by atoms with Crippen LogP contribution in [0.4, 0.5) is 4.39 Å². The van der Waals surface area contributed by atoms with Crippen molar-refractivity contribution in [2.24, 2.45) is 11.3 Å². The van der Waals surface area contributed by atoms with Crippen molar-refractivity contribution in [3.8, 4) is 0 Å². The molecule has 1 N–H and O–H groups in total. The van der Waals surface area contributed by atoms with Crippen LogP contribution in [0.25, 0.3) is 0 Å². The van der Waals surface area contributed by atoms with Crippen molar-refractivity contribution in [2.75, 3.05) is 13.6 Å². The van der Waals surface area contributed by atoms with Gasteiger partial charge in [0, 0.05) is 0 Å². The lowest BCUT2D eigenvalue weighted by Crippen LogP contribution is -2.31. The Hall–Kier alpha value is -0.600. The first-order valence-corrected chi connectivity index (χ1v) is 6.31. The Labute approximate surface area is 108 Å². The second kappa shape index (κ2) is 5.83. The van der Waals surface area contributed by atoms with Gasteiger partial charge in [-0.1, -0.05) is 38.4 Å². The first-order chi connectivity index (χ1) is 7.84. The topological polar surface area (TPSA) is 12.0 Å². The summed E-state index contributed by atoms with van der Waals surface area (Å²) in [6.45, 7) is 7.61. The Kier molecular flexibility index (Phi) is 4.96. The molecule has 0 radical (unpaired) electrons. The van der Waals surface area contributed by atoms with E-state index < -0.39 is 0 Å². The van der Waals surface area contributed by atoms with E-state index in [2.05, 4.69) is 26.1 Å². The van der Waals surface area contributed by atoms with Crippen LogP contribution in [0.15, 0.2) is 18.2 Å². The lowest BCUT2D eigenvalue weighted by Gasteiger charge is -2.30. The Morgan fingerprint density at radius 3 is 2.47 bits per heavy atom. The highest BCUT2D eigenvalue weighted by Crippen LogP contribution is 2.29. The van der Waals surface area contributed by atoms with Gasteiger partial charge in [0.05, 0.1) is 5.02 Å². The summed E-state index contributed by atoms with van der Waals surface area (Å²) in [5.41, 5.74) is 1.30. The van der Waals surface area contributed by atoms with Gasteiger partial charge in [-0.2, -0.15) is 0 Å². The molecule has 0 spiro atoms. The largest absolute Gasteiger partial charge is 0.319 e. The van der Waals surface area contributed by atoms with E-state index in [0.29, 0.717) is 5.92 Å². The van der Waals surface area contributed by atoms with Gasteiger partial charge < -0.3 is 5.32 Å². The molecule has 0 heterocycles. The maximum Gasteiger partial charge on any atom is 0.141 e. The highest BCUT2D eigenvalue weighted by Gasteiger charge is 2.24. The van der Waals surface area contributed by atoms with Crippen LogP contribution in [0.2, 0.25) is 5.02 Å². The fourth-order valence-corrected chi connectivity index (χ4v) is 2.09. The van der Waals surface area contributed by atoms with E-state index in [1.54, 1.807) is 6.07 Å². The monoisotopic (exact) mass is 257 g/mol. The van der Waals surface area contributed by atoms with E-state index in [-0.39, 0.29) is 16.3 Å². The van der Waals surface area contributed by atoms with E-state index >= 15 is 0 Å². The number of rotatable bonds is 4. The van der Waals surface area contributed by atoms with Crippen LogP contribution in [-0.2, 0) is 6.42 Å². The van der Waals surface area contributed by atoms with Crippen molar-refractivity contribution in [1.82, 2.24) is 5.32 Å². The summed E-state index contributed by atoms with van der Waals surface area (Å²) in [6.07, 6.45) is 0.907. The van der Waals surface area contributed by atoms with Crippen molar-refractivity contribution in [2.45, 2.75) is 27.2 Å². The molecule has 96 valence electrons. The van der Waals surface area contributed by atoms with Crippen LogP contribution in [-0.4, -0.2) is 13.6 Å². The average Bonchev–Trinajstić information content (AvgIpc) is 2.21. The van der Waals surface area contributed by atoms with Crippen LogP contribution in [0.5, 0.6) is 0 Å². The maximum atomic E-state index is 13.1. The molecule has 1 aromatic carbocycles. The molecule has 0 aliphatic rings. The minimum Gasteiger partial charge on any atom is -0.319 e. The molecule has 1 aromatic rings. The van der Waals surface area contributed by atoms with Crippen LogP contribution in [0.1, 0.15) is 26.3 Å². The van der Waals surface area contributed by atoms with E-state index in [9.17, 15) is 4.39 Å². The van der Waals surface area contributed by atoms with E-state index in [1.165, 1.54) is 6.07 Å². The molecule has 1 rings (SSSR count). The Balaban J connectivity index is 2.82. The van der Waals surface area contributed by atoms with Gasteiger partial charge in [-0.25, -0.2) is 4.39 Å². The fraction of sp³-hybridized carbons (Fsp3) is 0.571. The van der Waals surface area contributed by atoms with Crippen molar-refractivity contribution < 1.29 is 4.39 Å². The Morgan fingerprint density at radius 2 is 2.00 bits per heavy atom. The zero-order chi connectivity index (χ0) is 13.1. The molecule has 1 nitrogen and oxygen atoms in total. The molecule has 3 heteroatoms. The van der Waals surface area contributed by atoms with Gasteiger partial charge in [0.25, 0.3) is 0 Å². The quantitative estimate of drug-likeness (QED) is 0.863. The predicted octanol–water partition coefficient (Wildman–Crippen LogP) is 3.90. The van der Waals surface area contributed by atoms with Gasteiger partial charge in [-0.05, 0) is 49.0 Å². The van der Waals surface area contributed by atoms with Crippen molar-refractivity contribution >= 4 is 11.6 Å². The standard InChI is InChI=1S/C14H21ClFN/c1-14(2,3)11(9-17-4)7-10-5-6-13(16)12(15)8-10/h5-6,8,11,17H,7,9H2,1-4H3. The summed E-state index contributed by atoms with van der Waals surface area (Å²) in [7, 11) is 1.95. The summed E-state index contributed by atoms with van der Waals surface area (Å²) < 4.78 is 13.1. The molecular weight excluding hydrogens is 237 g/mol. The number of benzene rings is 1. The fourth-order valence-electron chi connectivity index (χ4n) is 1.88. The third-order valence-electron chi connectivity index (χ3n) is 3.14. The smallest absolute Gasteiger partial charge is 0.141 e. The molecule has 17 heavy (non-hydrogen) atoms. The number of nitrogens with one attached hydrogen (secondary N) is 1. The van der Waals surface area contributed by atoms with Crippen molar-refractivity contribution in [1.29, 1.82) is 0 Å². The van der Waals surface area contributed by atoms with Gasteiger partial charge in [0.2, 0.25) is 0 Å². The van der Waals surface area contributed by atoms with Crippen LogP contribution >= 0.6 is 11.6 Å². The molecule has 1 unspecified atom stereocenters. The van der Waals surface area contributed by atoms with Crippen LogP contribution in [0.3, 0.4) is 0 Å². The maximum absolute atomic E-state index is 13.1. The SMILES string of the molecule is CNCC(Cc1ccc(F)c(Cl)c1)C(C)(C)C. The van der Waals surface area contributed by atoms with Crippen LogP contribution < -0.4 is 5.32 Å². The molecule has 0 fully saturated rings. The molecule has 0 bridgehead atoms. The summed E-state index contributed by atoms with van der Waals surface area (Å²) in [6, 6.07) is 4.98. The lowest BCUT2D eigenvalue weighted by atomic mass is 9.77. The number of halogens is 2.